The topological polar surface area (TPSA) is 147 Å². The number of carboxylic acids is 2. The molecule has 0 aromatic carbocycles. The van der Waals surface area contributed by atoms with Gasteiger partial charge in [0.1, 0.15) is 13.2 Å². The Hall–Kier alpha value is -1.74. The first-order chi connectivity index (χ1) is 8.79. The molecule has 9 heteroatoms. The highest BCUT2D eigenvalue weighted by molar-refractivity contribution is 5.77. The summed E-state index contributed by atoms with van der Waals surface area (Å²) in [6, 6.07) is 0. The summed E-state index contributed by atoms with van der Waals surface area (Å²) in [5.74, 6) is -3.93. The van der Waals surface area contributed by atoms with Crippen molar-refractivity contribution in [3.05, 3.63) is 10.1 Å². The molecule has 0 amide bonds. The number of carbonyl (C=O) groups is 2. The molecule has 110 valence electrons. The molecule has 0 fully saturated rings. The van der Waals surface area contributed by atoms with E-state index in [2.05, 4.69) is 0 Å². The third-order valence-corrected chi connectivity index (χ3v) is 2.80. The van der Waals surface area contributed by atoms with Crippen LogP contribution < -0.4 is 0 Å². The number of aliphatic carboxylic acids is 2. The van der Waals surface area contributed by atoms with Gasteiger partial charge in [-0.1, -0.05) is 6.92 Å². The molecule has 0 radical (unpaired) electrons. The van der Waals surface area contributed by atoms with E-state index < -0.39 is 54.6 Å². The summed E-state index contributed by atoms with van der Waals surface area (Å²) < 4.78 is 4.92. The van der Waals surface area contributed by atoms with Crippen LogP contribution in [-0.4, -0.2) is 57.5 Å². The molecule has 0 saturated heterocycles. The Labute approximate surface area is 108 Å². The van der Waals surface area contributed by atoms with Gasteiger partial charge in [0.25, 0.3) is 5.54 Å². The van der Waals surface area contributed by atoms with Gasteiger partial charge in [-0.2, -0.15) is 0 Å². The number of ether oxygens (including phenoxy) is 1. The van der Waals surface area contributed by atoms with Crippen molar-refractivity contribution in [2.75, 3.05) is 19.8 Å². The van der Waals surface area contributed by atoms with Crippen LogP contribution in [0.25, 0.3) is 0 Å². The van der Waals surface area contributed by atoms with Crippen LogP contribution in [0.4, 0.5) is 0 Å². The van der Waals surface area contributed by atoms with Crippen LogP contribution in [0.1, 0.15) is 19.8 Å². The van der Waals surface area contributed by atoms with E-state index in [1.54, 1.807) is 0 Å². The van der Waals surface area contributed by atoms with Gasteiger partial charge in [-0.15, -0.1) is 0 Å². The Morgan fingerprint density at radius 2 is 2.00 bits per heavy atom. The number of nitrogens with zero attached hydrogens (tertiary/aromatic N) is 1. The molecule has 19 heavy (non-hydrogen) atoms. The molecule has 2 unspecified atom stereocenters. The van der Waals surface area contributed by atoms with E-state index in [1.807, 2.05) is 0 Å². The first kappa shape index (κ1) is 17.3. The molecule has 0 aliphatic rings. The third-order valence-electron chi connectivity index (χ3n) is 2.80. The van der Waals surface area contributed by atoms with Gasteiger partial charge >= 0.3 is 11.9 Å². The van der Waals surface area contributed by atoms with Crippen LogP contribution >= 0.6 is 0 Å². The van der Waals surface area contributed by atoms with Crippen LogP contribution in [0.2, 0.25) is 0 Å². The van der Waals surface area contributed by atoms with E-state index in [9.17, 15) is 19.7 Å². The number of hydrogen-bond acceptors (Lipinski definition) is 6. The third kappa shape index (κ3) is 5.18. The summed E-state index contributed by atoms with van der Waals surface area (Å²) >= 11 is 0. The number of rotatable bonds is 10. The molecular formula is C10H17NO8. The van der Waals surface area contributed by atoms with E-state index >= 15 is 0 Å². The van der Waals surface area contributed by atoms with Crippen LogP contribution in [0.15, 0.2) is 0 Å². The fourth-order valence-electron chi connectivity index (χ4n) is 1.32. The first-order valence-corrected chi connectivity index (χ1v) is 5.56. The molecule has 0 aliphatic heterocycles. The van der Waals surface area contributed by atoms with Gasteiger partial charge < -0.3 is 20.1 Å². The van der Waals surface area contributed by atoms with Gasteiger partial charge in [-0.3, -0.25) is 19.7 Å². The zero-order valence-electron chi connectivity index (χ0n) is 10.4. The molecule has 0 spiro atoms. The second-order valence-corrected chi connectivity index (χ2v) is 4.14. The lowest BCUT2D eigenvalue weighted by Crippen LogP contribution is -2.46. The van der Waals surface area contributed by atoms with Crippen molar-refractivity contribution < 1.29 is 34.6 Å². The Morgan fingerprint density at radius 3 is 2.32 bits per heavy atom. The number of aliphatic hydroxyl groups excluding tert-OH is 1. The lowest BCUT2D eigenvalue weighted by Gasteiger charge is -2.22. The smallest absolute Gasteiger partial charge is 0.309 e. The molecule has 0 saturated carbocycles. The minimum atomic E-state index is -1.69. The molecule has 0 bridgehead atoms. The Kier molecular flexibility index (Phi) is 6.94. The highest BCUT2D eigenvalue weighted by atomic mass is 16.6. The van der Waals surface area contributed by atoms with Crippen molar-refractivity contribution in [1.82, 2.24) is 0 Å². The second kappa shape index (κ2) is 7.64. The predicted molar refractivity (Wildman–Crippen MR) is 61.3 cm³/mol. The molecule has 0 aromatic rings. The quantitative estimate of drug-likeness (QED) is 0.361. The maximum absolute atomic E-state index is 10.8. The summed E-state index contributed by atoms with van der Waals surface area (Å²) in [7, 11) is 0. The summed E-state index contributed by atoms with van der Waals surface area (Å²) in [5, 5.41) is 37.1. The van der Waals surface area contributed by atoms with Crippen LogP contribution in [0.3, 0.4) is 0 Å². The molecule has 0 aliphatic carbocycles. The van der Waals surface area contributed by atoms with Crippen molar-refractivity contribution in [3.8, 4) is 0 Å². The normalized spacial score (nSPS) is 15.5. The van der Waals surface area contributed by atoms with Crippen LogP contribution in [0, 0.1) is 16.0 Å². The van der Waals surface area contributed by atoms with Crippen molar-refractivity contribution in [2.24, 2.45) is 5.92 Å². The lowest BCUT2D eigenvalue weighted by atomic mass is 9.99. The largest absolute Gasteiger partial charge is 0.481 e. The van der Waals surface area contributed by atoms with Gasteiger partial charge in [0.2, 0.25) is 0 Å². The zero-order chi connectivity index (χ0) is 15.1. The molecule has 0 heterocycles. The minimum absolute atomic E-state index is 0.00711. The average molecular weight is 279 g/mol. The fraction of sp³-hybridized carbons (Fsp3) is 0.800. The van der Waals surface area contributed by atoms with Crippen molar-refractivity contribution in [3.63, 3.8) is 0 Å². The Morgan fingerprint density at radius 1 is 1.42 bits per heavy atom. The fourth-order valence-corrected chi connectivity index (χ4v) is 1.32. The highest BCUT2D eigenvalue weighted by Crippen LogP contribution is 2.16. The molecule has 9 nitrogen and oxygen atoms in total. The maximum atomic E-state index is 10.8. The lowest BCUT2D eigenvalue weighted by molar-refractivity contribution is -0.578. The Bertz CT molecular complexity index is 338. The predicted octanol–water partition coefficient (Wildman–Crippen LogP) is -0.404. The monoisotopic (exact) mass is 279 g/mol. The van der Waals surface area contributed by atoms with Crippen molar-refractivity contribution >= 4 is 11.9 Å². The first-order valence-electron chi connectivity index (χ1n) is 5.56. The minimum Gasteiger partial charge on any atom is -0.481 e. The van der Waals surface area contributed by atoms with E-state index in [-0.39, 0.29) is 6.42 Å². The molecule has 0 aromatic heterocycles. The number of aliphatic hydroxyl groups is 1. The van der Waals surface area contributed by atoms with Crippen LogP contribution in [-0.2, 0) is 14.3 Å². The number of carboxylic acid groups (broad SMARTS) is 2. The van der Waals surface area contributed by atoms with E-state index in [1.165, 1.54) is 6.92 Å². The van der Waals surface area contributed by atoms with Crippen LogP contribution in [0.5, 0.6) is 0 Å². The van der Waals surface area contributed by atoms with E-state index in [4.69, 9.17) is 20.1 Å². The van der Waals surface area contributed by atoms with Gasteiger partial charge in [-0.25, -0.2) is 0 Å². The van der Waals surface area contributed by atoms with Crippen molar-refractivity contribution in [2.45, 2.75) is 25.3 Å². The molecule has 3 N–H and O–H groups in total. The number of nitro groups is 1. The molecular weight excluding hydrogens is 262 g/mol. The van der Waals surface area contributed by atoms with E-state index in [0.717, 1.165) is 0 Å². The summed E-state index contributed by atoms with van der Waals surface area (Å²) in [4.78, 5) is 31.3. The summed E-state index contributed by atoms with van der Waals surface area (Å²) in [6.45, 7) is -0.185. The number of hydrogen-bond donors (Lipinski definition) is 3. The molecule has 0 rings (SSSR count). The Balaban J connectivity index is 4.49. The van der Waals surface area contributed by atoms with E-state index in [0.29, 0.717) is 0 Å². The standard InChI is InChI=1S/C10H17NO8/c1-2-10(5-12,11(17)18)6-19-4-7(9(15)16)3-8(13)14/h7,12H,2-6H2,1H3,(H,13,14)(H,15,16). The summed E-state index contributed by atoms with van der Waals surface area (Å²) in [6.07, 6.45) is -0.626. The van der Waals surface area contributed by atoms with Crippen molar-refractivity contribution in [1.29, 1.82) is 0 Å². The van der Waals surface area contributed by atoms with Gasteiger partial charge in [0.05, 0.1) is 18.9 Å². The SMILES string of the molecule is CCC(CO)(COCC(CC(=O)O)C(=O)O)[N+](=O)[O-]. The summed E-state index contributed by atoms with van der Waals surface area (Å²) in [5.41, 5.74) is -1.69. The van der Waals surface area contributed by atoms with Gasteiger partial charge in [-0.05, 0) is 0 Å². The highest BCUT2D eigenvalue weighted by Gasteiger charge is 2.41. The average Bonchev–Trinajstić information content (AvgIpc) is 2.32. The van der Waals surface area contributed by atoms with Gasteiger partial charge in [0.15, 0.2) is 0 Å². The maximum Gasteiger partial charge on any atom is 0.309 e. The zero-order valence-corrected chi connectivity index (χ0v) is 10.4. The second-order valence-electron chi connectivity index (χ2n) is 4.14. The van der Waals surface area contributed by atoms with Gasteiger partial charge in [0, 0.05) is 11.3 Å². The molecule has 2 atom stereocenters.